The van der Waals surface area contributed by atoms with Crippen molar-refractivity contribution in [2.75, 3.05) is 19.0 Å². The van der Waals surface area contributed by atoms with Gasteiger partial charge in [-0.2, -0.15) is 0 Å². The molecule has 6 nitrogen and oxygen atoms in total. The zero-order chi connectivity index (χ0) is 19.3. The van der Waals surface area contributed by atoms with Gasteiger partial charge in [0.15, 0.2) is 0 Å². The molecule has 26 heavy (non-hydrogen) atoms. The van der Waals surface area contributed by atoms with Crippen molar-refractivity contribution >= 4 is 21.6 Å². The van der Waals surface area contributed by atoms with Gasteiger partial charge in [0.05, 0.1) is 13.7 Å². The molecule has 0 aromatic heterocycles. The van der Waals surface area contributed by atoms with Crippen LogP contribution in [0.4, 0.5) is 5.69 Å². The lowest BCUT2D eigenvalue weighted by molar-refractivity contribution is -0.115. The van der Waals surface area contributed by atoms with Crippen molar-refractivity contribution in [3.63, 3.8) is 0 Å². The molecule has 0 aliphatic rings. The average molecular weight is 376 g/mol. The van der Waals surface area contributed by atoms with Crippen LogP contribution >= 0.6 is 0 Å². The van der Waals surface area contributed by atoms with Gasteiger partial charge in [-0.1, -0.05) is 25.1 Å². The molecule has 1 amide bonds. The van der Waals surface area contributed by atoms with Crippen LogP contribution in [0.3, 0.4) is 0 Å². The van der Waals surface area contributed by atoms with Crippen LogP contribution in [0.15, 0.2) is 41.3 Å². The molecule has 0 radical (unpaired) electrons. The van der Waals surface area contributed by atoms with E-state index in [0.717, 1.165) is 23.1 Å². The summed E-state index contributed by atoms with van der Waals surface area (Å²) in [6.07, 6.45) is 0.766. The van der Waals surface area contributed by atoms with Crippen LogP contribution in [0.2, 0.25) is 0 Å². The van der Waals surface area contributed by atoms with E-state index >= 15 is 0 Å². The zero-order valence-corrected chi connectivity index (χ0v) is 16.2. The van der Waals surface area contributed by atoms with E-state index in [9.17, 15) is 13.2 Å². The molecular weight excluding hydrogens is 352 g/mol. The van der Waals surface area contributed by atoms with Crippen LogP contribution in [0.5, 0.6) is 5.75 Å². The SMILES string of the molecule is CCc1ccccc1NC(=O)CNS(=O)(=O)c1cc(C)c(C)cc1OC. The maximum absolute atomic E-state index is 12.6. The van der Waals surface area contributed by atoms with Crippen LogP contribution in [-0.2, 0) is 21.2 Å². The summed E-state index contributed by atoms with van der Waals surface area (Å²) >= 11 is 0. The molecule has 0 saturated carbocycles. The minimum atomic E-state index is -3.88. The van der Waals surface area contributed by atoms with Gasteiger partial charge in [0.2, 0.25) is 15.9 Å². The molecule has 7 heteroatoms. The maximum atomic E-state index is 12.6. The topological polar surface area (TPSA) is 84.5 Å². The van der Waals surface area contributed by atoms with Gasteiger partial charge in [0, 0.05) is 5.69 Å². The summed E-state index contributed by atoms with van der Waals surface area (Å²) in [6.45, 7) is 5.32. The summed E-state index contributed by atoms with van der Waals surface area (Å²) in [7, 11) is -2.47. The number of para-hydroxylation sites is 1. The molecule has 0 bridgehead atoms. The van der Waals surface area contributed by atoms with Gasteiger partial charge in [-0.3, -0.25) is 4.79 Å². The molecule has 2 N–H and O–H groups in total. The quantitative estimate of drug-likeness (QED) is 0.778. The summed E-state index contributed by atoms with van der Waals surface area (Å²) in [5, 5.41) is 2.74. The summed E-state index contributed by atoms with van der Waals surface area (Å²) in [5.74, 6) is -0.186. The highest BCUT2D eigenvalue weighted by Crippen LogP contribution is 2.27. The van der Waals surface area contributed by atoms with Crippen LogP contribution in [-0.4, -0.2) is 28.0 Å². The molecule has 0 heterocycles. The van der Waals surface area contributed by atoms with E-state index in [1.54, 1.807) is 18.2 Å². The number of rotatable bonds is 7. The largest absolute Gasteiger partial charge is 0.495 e. The van der Waals surface area contributed by atoms with Crippen molar-refractivity contribution in [1.29, 1.82) is 0 Å². The number of anilines is 1. The van der Waals surface area contributed by atoms with E-state index in [4.69, 9.17) is 4.74 Å². The Morgan fingerprint density at radius 1 is 1.12 bits per heavy atom. The Kier molecular flexibility index (Phi) is 6.39. The second-order valence-corrected chi connectivity index (χ2v) is 7.71. The molecule has 0 atom stereocenters. The van der Waals surface area contributed by atoms with Crippen LogP contribution in [0, 0.1) is 13.8 Å². The molecule has 2 aromatic rings. The van der Waals surface area contributed by atoms with E-state index in [1.807, 2.05) is 39.0 Å². The van der Waals surface area contributed by atoms with E-state index in [2.05, 4.69) is 10.0 Å². The number of methoxy groups -OCH3 is 1. The monoisotopic (exact) mass is 376 g/mol. The lowest BCUT2D eigenvalue weighted by Gasteiger charge is -2.14. The highest BCUT2D eigenvalue weighted by Gasteiger charge is 2.21. The molecule has 0 aliphatic carbocycles. The fraction of sp³-hybridized carbons (Fsp3) is 0.316. The van der Waals surface area contributed by atoms with Crippen molar-refractivity contribution in [3.8, 4) is 5.75 Å². The second-order valence-electron chi connectivity index (χ2n) is 5.97. The van der Waals surface area contributed by atoms with Crippen LogP contribution in [0.25, 0.3) is 0 Å². The van der Waals surface area contributed by atoms with Gasteiger partial charge in [-0.15, -0.1) is 0 Å². The van der Waals surface area contributed by atoms with E-state index in [1.165, 1.54) is 7.11 Å². The highest BCUT2D eigenvalue weighted by atomic mass is 32.2. The number of amides is 1. The normalized spacial score (nSPS) is 11.2. The van der Waals surface area contributed by atoms with Gasteiger partial charge in [-0.25, -0.2) is 13.1 Å². The number of nitrogens with one attached hydrogen (secondary N) is 2. The van der Waals surface area contributed by atoms with Gasteiger partial charge < -0.3 is 10.1 Å². The lowest BCUT2D eigenvalue weighted by Crippen LogP contribution is -2.33. The Morgan fingerprint density at radius 2 is 1.77 bits per heavy atom. The van der Waals surface area contributed by atoms with Crippen molar-refractivity contribution in [3.05, 3.63) is 53.1 Å². The Hall–Kier alpha value is -2.38. The van der Waals surface area contributed by atoms with Crippen molar-refractivity contribution in [2.24, 2.45) is 0 Å². The minimum Gasteiger partial charge on any atom is -0.495 e. The summed E-state index contributed by atoms with van der Waals surface area (Å²) in [4.78, 5) is 12.2. The molecule has 0 spiro atoms. The number of benzene rings is 2. The summed E-state index contributed by atoms with van der Waals surface area (Å²) in [6, 6.07) is 10.6. The summed E-state index contributed by atoms with van der Waals surface area (Å²) in [5.41, 5.74) is 3.42. The molecule has 140 valence electrons. The van der Waals surface area contributed by atoms with Crippen molar-refractivity contribution < 1.29 is 17.9 Å². The molecule has 0 unspecified atom stereocenters. The Balaban J connectivity index is 2.13. The smallest absolute Gasteiger partial charge is 0.244 e. The average Bonchev–Trinajstić information content (AvgIpc) is 2.62. The molecule has 0 saturated heterocycles. The predicted octanol–water partition coefficient (Wildman–Crippen LogP) is 2.79. The predicted molar refractivity (Wildman–Crippen MR) is 102 cm³/mol. The van der Waals surface area contributed by atoms with Gasteiger partial charge in [0.25, 0.3) is 0 Å². The number of hydrogen-bond acceptors (Lipinski definition) is 4. The third-order valence-electron chi connectivity index (χ3n) is 4.16. The minimum absolute atomic E-state index is 0.0184. The first-order chi connectivity index (χ1) is 12.3. The maximum Gasteiger partial charge on any atom is 0.244 e. The first-order valence-corrected chi connectivity index (χ1v) is 9.79. The van der Waals surface area contributed by atoms with Crippen molar-refractivity contribution in [2.45, 2.75) is 32.1 Å². The number of sulfonamides is 1. The highest BCUT2D eigenvalue weighted by molar-refractivity contribution is 7.89. The van der Waals surface area contributed by atoms with Gasteiger partial charge in [0.1, 0.15) is 10.6 Å². The molecule has 0 fully saturated rings. The zero-order valence-electron chi connectivity index (χ0n) is 15.4. The summed E-state index contributed by atoms with van der Waals surface area (Å²) < 4.78 is 32.7. The third kappa shape index (κ3) is 4.62. The molecular formula is C19H24N2O4S. The third-order valence-corrected chi connectivity index (χ3v) is 5.59. The van der Waals surface area contributed by atoms with Gasteiger partial charge >= 0.3 is 0 Å². The van der Waals surface area contributed by atoms with Crippen LogP contribution in [0.1, 0.15) is 23.6 Å². The Bertz CT molecular complexity index is 908. The van der Waals surface area contributed by atoms with E-state index < -0.39 is 15.9 Å². The Labute approximate surface area is 154 Å². The number of aryl methyl sites for hydroxylation is 3. The molecule has 2 rings (SSSR count). The number of carbonyl (C=O) groups excluding carboxylic acids is 1. The fourth-order valence-electron chi connectivity index (χ4n) is 2.52. The van der Waals surface area contributed by atoms with Crippen LogP contribution < -0.4 is 14.8 Å². The molecule has 2 aromatic carbocycles. The number of carbonyl (C=O) groups is 1. The number of hydrogen-bond donors (Lipinski definition) is 2. The molecule has 0 aliphatic heterocycles. The first-order valence-electron chi connectivity index (χ1n) is 8.31. The van der Waals surface area contributed by atoms with E-state index in [-0.39, 0.29) is 17.2 Å². The Morgan fingerprint density at radius 3 is 2.42 bits per heavy atom. The fourth-order valence-corrected chi connectivity index (χ4v) is 3.73. The number of ether oxygens (including phenoxy) is 1. The van der Waals surface area contributed by atoms with Gasteiger partial charge in [-0.05, 0) is 55.2 Å². The second kappa shape index (κ2) is 8.33. The van der Waals surface area contributed by atoms with Crippen molar-refractivity contribution in [1.82, 2.24) is 4.72 Å². The first kappa shape index (κ1) is 19.9. The lowest BCUT2D eigenvalue weighted by atomic mass is 10.1. The van der Waals surface area contributed by atoms with E-state index in [0.29, 0.717) is 5.69 Å². The standard InChI is InChI=1S/C19H24N2O4S/c1-5-15-8-6-7-9-16(15)21-19(22)12-20-26(23,24)18-11-14(3)13(2)10-17(18)25-4/h6-11,20H,5,12H2,1-4H3,(H,21,22).